The van der Waals surface area contributed by atoms with E-state index in [1.54, 1.807) is 24.6 Å². The minimum atomic E-state index is 0.0840. The number of para-hydroxylation sites is 2. The lowest BCUT2D eigenvalue weighted by Gasteiger charge is -2.34. The number of hydrogen-bond acceptors (Lipinski definition) is 6. The molecule has 5 nitrogen and oxygen atoms in total. The second-order valence-corrected chi connectivity index (χ2v) is 7.18. The monoisotopic (exact) mass is 349 g/mol. The molecule has 0 radical (unpaired) electrons. The van der Waals surface area contributed by atoms with Gasteiger partial charge in [0.05, 0.1) is 25.4 Å². The van der Waals surface area contributed by atoms with Gasteiger partial charge in [-0.1, -0.05) is 12.1 Å². The average Bonchev–Trinajstić information content (AvgIpc) is 3.14. The number of carbonyl (C=O) groups is 1. The van der Waals surface area contributed by atoms with Crippen LogP contribution in [0.2, 0.25) is 0 Å². The fraction of sp³-hybridized carbons (Fsp3) is 0.375. The van der Waals surface area contributed by atoms with Crippen molar-refractivity contribution in [2.45, 2.75) is 6.04 Å². The topological polar surface area (TPSA) is 54.5 Å². The predicted octanol–water partition coefficient (Wildman–Crippen LogP) is 2.88. The van der Waals surface area contributed by atoms with Crippen LogP contribution in [0.5, 0.6) is 5.75 Å². The first-order valence-electron chi connectivity index (χ1n) is 7.43. The van der Waals surface area contributed by atoms with Crippen LogP contribution < -0.4 is 10.1 Å². The van der Waals surface area contributed by atoms with Gasteiger partial charge in [-0.25, -0.2) is 4.98 Å². The molecule has 1 fully saturated rings. The van der Waals surface area contributed by atoms with Gasteiger partial charge in [0.1, 0.15) is 10.8 Å². The molecule has 1 aliphatic heterocycles. The van der Waals surface area contributed by atoms with Crippen LogP contribution >= 0.6 is 23.1 Å². The Labute approximate surface area is 144 Å². The molecule has 0 saturated carbocycles. The maximum absolute atomic E-state index is 12.7. The van der Waals surface area contributed by atoms with E-state index in [9.17, 15) is 4.79 Å². The number of anilines is 1. The molecule has 1 aromatic carbocycles. The summed E-state index contributed by atoms with van der Waals surface area (Å²) in [6.45, 7) is 1.02. The van der Waals surface area contributed by atoms with E-state index >= 15 is 0 Å². The number of benzene rings is 1. The molecule has 2 heterocycles. The number of nitrogens with one attached hydrogen (secondary N) is 1. The van der Waals surface area contributed by atoms with Crippen LogP contribution in [-0.4, -0.2) is 47.5 Å². The number of hydrogen-bond donors (Lipinski definition) is 1. The molecule has 1 amide bonds. The first kappa shape index (κ1) is 16.1. The molecule has 3 rings (SSSR count). The third-order valence-corrected chi connectivity index (χ3v) is 5.62. The average molecular weight is 349 g/mol. The van der Waals surface area contributed by atoms with E-state index in [2.05, 4.69) is 10.3 Å². The summed E-state index contributed by atoms with van der Waals surface area (Å²) in [4.78, 5) is 19.0. The minimum Gasteiger partial charge on any atom is -0.495 e. The Morgan fingerprint density at radius 3 is 3.13 bits per heavy atom. The zero-order chi connectivity index (χ0) is 16.1. The van der Waals surface area contributed by atoms with E-state index in [-0.39, 0.29) is 18.5 Å². The van der Waals surface area contributed by atoms with Crippen molar-refractivity contribution < 1.29 is 9.53 Å². The second-order valence-electron chi connectivity index (χ2n) is 5.10. The largest absolute Gasteiger partial charge is 0.495 e. The summed E-state index contributed by atoms with van der Waals surface area (Å²) in [7, 11) is 1.63. The summed E-state index contributed by atoms with van der Waals surface area (Å²) in [5, 5.41) is 6.17. The number of carbonyl (C=O) groups excluding carboxylic acids is 1. The van der Waals surface area contributed by atoms with Gasteiger partial charge in [-0.3, -0.25) is 4.79 Å². The van der Waals surface area contributed by atoms with Crippen LogP contribution in [0.4, 0.5) is 5.69 Å². The number of methoxy groups -OCH3 is 1. The normalized spacial score (nSPS) is 17.8. The lowest BCUT2D eigenvalue weighted by Crippen LogP contribution is -2.43. The van der Waals surface area contributed by atoms with Gasteiger partial charge in [0.2, 0.25) is 5.91 Å². The number of thioether (sulfide) groups is 1. The Morgan fingerprint density at radius 2 is 2.35 bits per heavy atom. The number of amides is 1. The highest BCUT2D eigenvalue weighted by Gasteiger charge is 2.29. The van der Waals surface area contributed by atoms with Crippen LogP contribution in [0.1, 0.15) is 11.0 Å². The van der Waals surface area contributed by atoms with E-state index in [0.29, 0.717) is 0 Å². The van der Waals surface area contributed by atoms with Crippen molar-refractivity contribution in [3.05, 3.63) is 40.8 Å². The van der Waals surface area contributed by atoms with E-state index in [4.69, 9.17) is 4.74 Å². The van der Waals surface area contributed by atoms with Crippen LogP contribution in [0, 0.1) is 0 Å². The van der Waals surface area contributed by atoms with Crippen molar-refractivity contribution in [2.24, 2.45) is 0 Å². The number of aromatic nitrogens is 1. The predicted molar refractivity (Wildman–Crippen MR) is 95.4 cm³/mol. The summed E-state index contributed by atoms with van der Waals surface area (Å²) in [5.41, 5.74) is 0.834. The summed E-state index contributed by atoms with van der Waals surface area (Å²) in [6.07, 6.45) is 1.80. The molecule has 1 atom stereocenters. The van der Waals surface area contributed by atoms with Crippen LogP contribution in [0.3, 0.4) is 0 Å². The van der Waals surface area contributed by atoms with E-state index in [0.717, 1.165) is 34.5 Å². The van der Waals surface area contributed by atoms with Crippen molar-refractivity contribution in [3.8, 4) is 5.75 Å². The minimum absolute atomic E-state index is 0.0840. The van der Waals surface area contributed by atoms with Crippen LogP contribution in [0.25, 0.3) is 0 Å². The first-order chi connectivity index (χ1) is 11.3. The molecule has 1 saturated heterocycles. The lowest BCUT2D eigenvalue weighted by molar-refractivity contribution is -0.131. The van der Waals surface area contributed by atoms with Crippen molar-refractivity contribution in [1.82, 2.24) is 9.88 Å². The third kappa shape index (κ3) is 3.79. The van der Waals surface area contributed by atoms with E-state index < -0.39 is 0 Å². The molecular weight excluding hydrogens is 330 g/mol. The lowest BCUT2D eigenvalue weighted by atomic mass is 10.2. The van der Waals surface area contributed by atoms with Gasteiger partial charge in [-0.05, 0) is 12.1 Å². The maximum atomic E-state index is 12.7. The van der Waals surface area contributed by atoms with Crippen molar-refractivity contribution in [1.29, 1.82) is 0 Å². The molecule has 0 unspecified atom stereocenters. The smallest absolute Gasteiger partial charge is 0.242 e. The Kier molecular flexibility index (Phi) is 5.40. The number of ether oxygens (including phenoxy) is 1. The van der Waals surface area contributed by atoms with Gasteiger partial charge in [0.15, 0.2) is 0 Å². The highest BCUT2D eigenvalue weighted by Crippen LogP contribution is 2.31. The summed E-state index contributed by atoms with van der Waals surface area (Å²) < 4.78 is 5.30. The summed E-state index contributed by atoms with van der Waals surface area (Å²) in [6, 6.07) is 7.71. The summed E-state index contributed by atoms with van der Waals surface area (Å²) >= 11 is 3.49. The molecule has 23 heavy (non-hydrogen) atoms. The molecule has 7 heteroatoms. The highest BCUT2D eigenvalue weighted by molar-refractivity contribution is 7.99. The molecule has 1 aromatic heterocycles. The molecule has 1 aliphatic rings. The molecular formula is C16H19N3O2S2. The second kappa shape index (κ2) is 7.70. The van der Waals surface area contributed by atoms with Gasteiger partial charge < -0.3 is 15.0 Å². The van der Waals surface area contributed by atoms with Gasteiger partial charge in [-0.2, -0.15) is 11.8 Å². The molecule has 1 N–H and O–H groups in total. The van der Waals surface area contributed by atoms with E-state index in [1.807, 2.05) is 46.3 Å². The Hall–Kier alpha value is -1.73. The molecule has 122 valence electrons. The quantitative estimate of drug-likeness (QED) is 0.899. The van der Waals surface area contributed by atoms with Gasteiger partial charge >= 0.3 is 0 Å². The molecule has 0 spiro atoms. The van der Waals surface area contributed by atoms with Crippen molar-refractivity contribution in [3.63, 3.8) is 0 Å². The third-order valence-electron chi connectivity index (χ3n) is 3.72. The standard InChI is InChI=1S/C16H19N3O2S2/c1-21-14-5-3-2-4-12(14)18-10-15(20)19-7-9-22-11-13(19)16-17-6-8-23-16/h2-6,8,13,18H,7,9-11H2,1H3/t13-/m0/s1. The van der Waals surface area contributed by atoms with Gasteiger partial charge in [-0.15, -0.1) is 11.3 Å². The SMILES string of the molecule is COc1ccccc1NCC(=O)N1CCSC[C@H]1c1nccs1. The maximum Gasteiger partial charge on any atom is 0.242 e. The zero-order valence-corrected chi connectivity index (χ0v) is 14.5. The fourth-order valence-corrected chi connectivity index (χ4v) is 4.48. The van der Waals surface area contributed by atoms with Crippen LogP contribution in [0.15, 0.2) is 35.8 Å². The Morgan fingerprint density at radius 1 is 1.48 bits per heavy atom. The van der Waals surface area contributed by atoms with Crippen molar-refractivity contribution in [2.75, 3.05) is 37.0 Å². The van der Waals surface area contributed by atoms with Gasteiger partial charge in [0, 0.05) is 29.6 Å². The zero-order valence-electron chi connectivity index (χ0n) is 12.9. The van der Waals surface area contributed by atoms with Gasteiger partial charge in [0.25, 0.3) is 0 Å². The van der Waals surface area contributed by atoms with Crippen LogP contribution in [-0.2, 0) is 4.79 Å². The molecule has 0 aliphatic carbocycles. The first-order valence-corrected chi connectivity index (χ1v) is 9.46. The molecule has 0 bridgehead atoms. The van der Waals surface area contributed by atoms with Crippen molar-refractivity contribution >= 4 is 34.7 Å². The molecule has 2 aromatic rings. The fourth-order valence-electron chi connectivity index (χ4n) is 2.57. The Bertz CT molecular complexity index is 649. The summed E-state index contributed by atoms with van der Waals surface area (Å²) in [5.74, 6) is 2.72. The highest BCUT2D eigenvalue weighted by atomic mass is 32.2. The number of nitrogens with zero attached hydrogens (tertiary/aromatic N) is 2. The number of rotatable bonds is 5. The Balaban J connectivity index is 1.66. The number of thiazole rings is 1. The van der Waals surface area contributed by atoms with E-state index in [1.165, 1.54) is 0 Å².